The maximum atomic E-state index is 10.0. The van der Waals surface area contributed by atoms with Crippen LogP contribution in [0.4, 0.5) is 0 Å². The highest BCUT2D eigenvalue weighted by Gasteiger charge is 2.16. The van der Waals surface area contributed by atoms with E-state index >= 15 is 0 Å². The van der Waals surface area contributed by atoms with Gasteiger partial charge in [0.05, 0.1) is 6.04 Å². The summed E-state index contributed by atoms with van der Waals surface area (Å²) in [5.41, 5.74) is 0. The van der Waals surface area contributed by atoms with Crippen molar-refractivity contribution in [3.8, 4) is 5.75 Å². The Hall–Kier alpha value is -1.06. The fourth-order valence-electron chi connectivity index (χ4n) is 2.85. The molecule has 0 aliphatic heterocycles. The molecule has 20 heavy (non-hydrogen) atoms. The molecule has 3 N–H and O–H groups in total. The van der Waals surface area contributed by atoms with Gasteiger partial charge in [-0.2, -0.15) is 0 Å². The van der Waals surface area contributed by atoms with Crippen LogP contribution < -0.4 is 10.1 Å². The summed E-state index contributed by atoms with van der Waals surface area (Å²) < 4.78 is 5.58. The Balaban J connectivity index is 1.62. The molecule has 0 spiro atoms. The van der Waals surface area contributed by atoms with Crippen LogP contribution in [0.2, 0.25) is 0 Å². The standard InChI is InChI=1S/C17H27NO2/c19-16(14-20-17-11-7-4-8-12-17)13-18-15-9-5-2-1-3-6-10-15/h4,7-8,11-12,15-16,18-19H,1-3,5-6,9-10,13-14H2/p+1/t16-/m1/s1. The van der Waals surface area contributed by atoms with Crippen molar-refractivity contribution >= 4 is 0 Å². The van der Waals surface area contributed by atoms with Gasteiger partial charge in [-0.25, -0.2) is 0 Å². The van der Waals surface area contributed by atoms with E-state index in [-0.39, 0.29) is 6.10 Å². The molecule has 1 aromatic rings. The second-order valence-electron chi connectivity index (χ2n) is 5.85. The van der Waals surface area contributed by atoms with Gasteiger partial charge >= 0.3 is 0 Å². The zero-order valence-electron chi connectivity index (χ0n) is 12.3. The number of aliphatic hydroxyl groups excluding tert-OH is 1. The summed E-state index contributed by atoms with van der Waals surface area (Å²) in [6.45, 7) is 1.13. The lowest BCUT2D eigenvalue weighted by Crippen LogP contribution is -2.92. The Morgan fingerprint density at radius 3 is 2.40 bits per heavy atom. The third kappa shape index (κ3) is 5.93. The zero-order chi connectivity index (χ0) is 14.0. The molecule has 1 fully saturated rings. The van der Waals surface area contributed by atoms with Gasteiger partial charge in [0.15, 0.2) is 0 Å². The summed E-state index contributed by atoms with van der Waals surface area (Å²) in [4.78, 5) is 0. The van der Waals surface area contributed by atoms with Crippen molar-refractivity contribution in [1.29, 1.82) is 0 Å². The highest BCUT2D eigenvalue weighted by Crippen LogP contribution is 2.15. The normalized spacial score (nSPS) is 19.1. The summed E-state index contributed by atoms with van der Waals surface area (Å²) in [7, 11) is 0. The molecule has 112 valence electrons. The molecule has 0 heterocycles. The van der Waals surface area contributed by atoms with E-state index in [1.807, 2.05) is 30.3 Å². The number of aliphatic hydroxyl groups is 1. The van der Waals surface area contributed by atoms with E-state index in [1.165, 1.54) is 44.9 Å². The average molecular weight is 278 g/mol. The highest BCUT2D eigenvalue weighted by molar-refractivity contribution is 5.20. The Labute approximate surface area is 122 Å². The molecular formula is C17H28NO2+. The maximum Gasteiger partial charge on any atom is 0.137 e. The minimum absolute atomic E-state index is 0.382. The fraction of sp³-hybridized carbons (Fsp3) is 0.647. The summed E-state index contributed by atoms with van der Waals surface area (Å²) in [5, 5.41) is 12.3. The van der Waals surface area contributed by atoms with E-state index in [0.717, 1.165) is 12.3 Å². The number of hydrogen-bond donors (Lipinski definition) is 2. The van der Waals surface area contributed by atoms with E-state index in [9.17, 15) is 5.11 Å². The first-order valence-electron chi connectivity index (χ1n) is 8.04. The van der Waals surface area contributed by atoms with Crippen LogP contribution in [-0.4, -0.2) is 30.4 Å². The van der Waals surface area contributed by atoms with Gasteiger partial charge in [0.1, 0.15) is 25.0 Å². The largest absolute Gasteiger partial charge is 0.491 e. The van der Waals surface area contributed by atoms with E-state index in [0.29, 0.717) is 12.6 Å². The molecule has 1 aliphatic rings. The van der Waals surface area contributed by atoms with Gasteiger partial charge in [-0.1, -0.05) is 37.5 Å². The van der Waals surface area contributed by atoms with Crippen LogP contribution in [0.25, 0.3) is 0 Å². The van der Waals surface area contributed by atoms with Crippen molar-refractivity contribution in [3.05, 3.63) is 30.3 Å². The molecule has 1 saturated carbocycles. The third-order valence-corrected chi connectivity index (χ3v) is 4.08. The van der Waals surface area contributed by atoms with E-state index in [4.69, 9.17) is 4.74 Å². The van der Waals surface area contributed by atoms with Crippen molar-refractivity contribution in [2.75, 3.05) is 13.2 Å². The number of ether oxygens (including phenoxy) is 1. The maximum absolute atomic E-state index is 10.0. The zero-order valence-corrected chi connectivity index (χ0v) is 12.3. The van der Waals surface area contributed by atoms with Gasteiger partial charge in [0.2, 0.25) is 0 Å². The van der Waals surface area contributed by atoms with Gasteiger partial charge in [-0.3, -0.25) is 0 Å². The predicted molar refractivity (Wildman–Crippen MR) is 80.8 cm³/mol. The van der Waals surface area contributed by atoms with Gasteiger partial charge in [-0.15, -0.1) is 0 Å². The van der Waals surface area contributed by atoms with Crippen LogP contribution in [0, 0.1) is 0 Å². The van der Waals surface area contributed by atoms with Gasteiger partial charge in [0, 0.05) is 0 Å². The Morgan fingerprint density at radius 2 is 1.70 bits per heavy atom. The fourth-order valence-corrected chi connectivity index (χ4v) is 2.85. The van der Waals surface area contributed by atoms with Gasteiger partial charge in [-0.05, 0) is 37.8 Å². The minimum atomic E-state index is -0.388. The Morgan fingerprint density at radius 1 is 1.05 bits per heavy atom. The third-order valence-electron chi connectivity index (χ3n) is 4.08. The molecule has 0 bridgehead atoms. The number of hydrogen-bond acceptors (Lipinski definition) is 2. The van der Waals surface area contributed by atoms with Crippen molar-refractivity contribution in [1.82, 2.24) is 0 Å². The van der Waals surface area contributed by atoms with E-state index < -0.39 is 0 Å². The molecule has 3 nitrogen and oxygen atoms in total. The van der Waals surface area contributed by atoms with E-state index in [2.05, 4.69) is 5.32 Å². The molecule has 2 rings (SSSR count). The van der Waals surface area contributed by atoms with Crippen LogP contribution in [0.5, 0.6) is 5.75 Å². The molecule has 0 aromatic heterocycles. The monoisotopic (exact) mass is 278 g/mol. The average Bonchev–Trinajstić information content (AvgIpc) is 2.45. The van der Waals surface area contributed by atoms with Crippen LogP contribution in [-0.2, 0) is 0 Å². The Kier molecular flexibility index (Phi) is 6.89. The first-order chi connectivity index (χ1) is 9.84. The predicted octanol–water partition coefficient (Wildman–Crippen LogP) is 2.10. The molecule has 0 saturated heterocycles. The number of quaternary nitrogens is 1. The summed E-state index contributed by atoms with van der Waals surface area (Å²) in [6.07, 6.45) is 9.06. The van der Waals surface area contributed by atoms with Crippen molar-refractivity contribution in [2.45, 2.75) is 57.1 Å². The van der Waals surface area contributed by atoms with Gasteiger partial charge in [0.25, 0.3) is 0 Å². The lowest BCUT2D eigenvalue weighted by molar-refractivity contribution is -0.696. The van der Waals surface area contributed by atoms with Crippen molar-refractivity contribution in [3.63, 3.8) is 0 Å². The van der Waals surface area contributed by atoms with Crippen molar-refractivity contribution in [2.24, 2.45) is 0 Å². The number of benzene rings is 1. The molecule has 0 amide bonds. The lowest BCUT2D eigenvalue weighted by Gasteiger charge is -2.20. The van der Waals surface area contributed by atoms with Gasteiger partial charge < -0.3 is 15.2 Å². The quantitative estimate of drug-likeness (QED) is 0.837. The lowest BCUT2D eigenvalue weighted by atomic mass is 9.96. The number of para-hydroxylation sites is 1. The summed E-state index contributed by atoms with van der Waals surface area (Å²) in [5.74, 6) is 0.831. The molecule has 1 aromatic carbocycles. The second-order valence-corrected chi connectivity index (χ2v) is 5.85. The topological polar surface area (TPSA) is 46.1 Å². The van der Waals surface area contributed by atoms with Crippen LogP contribution in [0.15, 0.2) is 30.3 Å². The molecule has 1 aliphatic carbocycles. The molecule has 1 atom stereocenters. The summed E-state index contributed by atoms with van der Waals surface area (Å²) >= 11 is 0. The number of rotatable bonds is 6. The second kappa shape index (κ2) is 8.98. The van der Waals surface area contributed by atoms with Crippen molar-refractivity contribution < 1.29 is 15.2 Å². The van der Waals surface area contributed by atoms with Crippen LogP contribution in [0.3, 0.4) is 0 Å². The first-order valence-corrected chi connectivity index (χ1v) is 8.04. The number of nitrogens with two attached hydrogens (primary N) is 1. The highest BCUT2D eigenvalue weighted by atomic mass is 16.5. The first kappa shape index (κ1) is 15.3. The minimum Gasteiger partial charge on any atom is -0.491 e. The molecule has 3 heteroatoms. The molecular weight excluding hydrogens is 250 g/mol. The Bertz CT molecular complexity index is 347. The molecule has 0 unspecified atom stereocenters. The molecule has 0 radical (unpaired) electrons. The summed E-state index contributed by atoms with van der Waals surface area (Å²) in [6, 6.07) is 10.4. The van der Waals surface area contributed by atoms with Crippen LogP contribution in [0.1, 0.15) is 44.9 Å². The van der Waals surface area contributed by atoms with E-state index in [1.54, 1.807) is 0 Å². The van der Waals surface area contributed by atoms with Crippen LogP contribution >= 0.6 is 0 Å². The smallest absolute Gasteiger partial charge is 0.137 e. The SMILES string of the molecule is O[C@H](C[NH2+]C1CCCCCCC1)COc1ccccc1.